The van der Waals surface area contributed by atoms with Crippen molar-refractivity contribution in [3.05, 3.63) is 68.2 Å². The summed E-state index contributed by atoms with van der Waals surface area (Å²) in [5.41, 5.74) is 2.37. The Hall–Kier alpha value is 1.25. The van der Waals surface area contributed by atoms with Crippen LogP contribution in [0.3, 0.4) is 0 Å². The smallest absolute Gasteiger partial charge is 0.0749 e. The molecular formula is C20H33OPUY-2. The minimum atomic E-state index is -0.0463. The molecule has 0 aromatic heterocycles. The normalized spacial score (nSPS) is 12.8. The molecule has 4 heteroatoms. The molecule has 0 heterocycles. The van der Waals surface area contributed by atoms with Crippen molar-refractivity contribution in [1.29, 1.82) is 0 Å². The van der Waals surface area contributed by atoms with E-state index in [-0.39, 0.29) is 77.4 Å². The van der Waals surface area contributed by atoms with Crippen LogP contribution in [-0.2, 0) is 37.4 Å². The number of allylic oxidation sites excluding steroid dienone is 2. The van der Waals surface area contributed by atoms with E-state index >= 15 is 0 Å². The Bertz CT molecular complexity index is 430. The van der Waals surface area contributed by atoms with Crippen molar-refractivity contribution < 1.29 is 68.6 Å². The first-order valence-corrected chi connectivity index (χ1v) is 8.52. The Morgan fingerprint density at radius 3 is 2.08 bits per heavy atom. The molecule has 1 nitrogen and oxygen atoms in total. The van der Waals surface area contributed by atoms with E-state index in [1.54, 1.807) is 0 Å². The van der Waals surface area contributed by atoms with Crippen LogP contribution in [0.5, 0.6) is 0 Å². The summed E-state index contributed by atoms with van der Waals surface area (Å²) >= 11 is 0. The van der Waals surface area contributed by atoms with Gasteiger partial charge in [0, 0.05) is 63.8 Å². The third-order valence-corrected chi connectivity index (χ3v) is 3.36. The fraction of sp³-hybridized carbons (Fsp3) is 0.400. The molecule has 2 atom stereocenters. The summed E-state index contributed by atoms with van der Waals surface area (Å²) < 4.78 is 5.39. The van der Waals surface area contributed by atoms with Crippen LogP contribution in [0.15, 0.2) is 48.1 Å². The van der Waals surface area contributed by atoms with Gasteiger partial charge in [-0.2, -0.15) is 0 Å². The fourth-order valence-electron chi connectivity index (χ4n) is 2.04. The second kappa shape index (κ2) is 22.3. The number of benzene rings is 1. The fourth-order valence-corrected chi connectivity index (χ4v) is 2.23. The molecule has 1 radical (unpaired) electrons. The minimum Gasteiger partial charge on any atom is -0.546 e. The van der Waals surface area contributed by atoms with Gasteiger partial charge in [0.15, 0.2) is 0 Å². The molecule has 0 aliphatic heterocycles. The molecule has 0 saturated carbocycles. The van der Waals surface area contributed by atoms with Crippen LogP contribution in [0, 0.1) is 45.6 Å². The summed E-state index contributed by atoms with van der Waals surface area (Å²) in [6.07, 6.45) is 10.1. The van der Waals surface area contributed by atoms with E-state index in [4.69, 9.17) is 4.74 Å². The molecule has 1 aliphatic carbocycles. The molecule has 133 valence electrons. The van der Waals surface area contributed by atoms with Gasteiger partial charge in [0.1, 0.15) is 0 Å². The number of hydrogen-bond acceptors (Lipinski definition) is 1. The first kappa shape index (κ1) is 32.9. The number of rotatable bonds is 3. The van der Waals surface area contributed by atoms with Gasteiger partial charge in [0.2, 0.25) is 0 Å². The molecule has 1 aromatic carbocycles. The van der Waals surface area contributed by atoms with Crippen molar-refractivity contribution in [3.8, 4) is 0 Å². The first-order valence-electron chi connectivity index (χ1n) is 7.94. The topological polar surface area (TPSA) is 9.23 Å². The zero-order chi connectivity index (χ0) is 16.1. The van der Waals surface area contributed by atoms with Gasteiger partial charge in [0.25, 0.3) is 0 Å². The molecule has 0 fully saturated rings. The molecular weight excluding hydrogens is 614 g/mol. The molecule has 2 rings (SSSR count). The Balaban J connectivity index is -0.000000266. The van der Waals surface area contributed by atoms with Crippen LogP contribution in [0.1, 0.15) is 58.6 Å². The summed E-state index contributed by atoms with van der Waals surface area (Å²) in [4.78, 5) is 0. The average molecular weight is 647 g/mol. The third-order valence-electron chi connectivity index (χ3n) is 2.97. The number of ether oxygens (including phenoxy) is 1. The van der Waals surface area contributed by atoms with Crippen LogP contribution in [0.2, 0.25) is 0 Å². The van der Waals surface area contributed by atoms with Gasteiger partial charge in [0.05, 0.1) is 6.10 Å². The van der Waals surface area contributed by atoms with Crippen molar-refractivity contribution in [1.82, 2.24) is 0 Å². The third kappa shape index (κ3) is 12.6. The maximum atomic E-state index is 5.39. The zero-order valence-corrected chi connectivity index (χ0v) is 24.2. The van der Waals surface area contributed by atoms with Crippen molar-refractivity contribution in [2.75, 3.05) is 0 Å². The Labute approximate surface area is 202 Å². The van der Waals surface area contributed by atoms with Crippen molar-refractivity contribution >= 4 is 14.5 Å². The molecule has 0 bridgehead atoms. The molecule has 0 amide bonds. The summed E-state index contributed by atoms with van der Waals surface area (Å²) in [6.45, 7) is 8.00. The summed E-state index contributed by atoms with van der Waals surface area (Å²) in [6, 6.07) is 8.34. The van der Waals surface area contributed by atoms with Gasteiger partial charge in [-0.05, 0) is 35.7 Å². The predicted octanol–water partition coefficient (Wildman–Crippen LogP) is 6.20. The maximum Gasteiger partial charge on any atom is 0.0749 e. The van der Waals surface area contributed by atoms with Crippen LogP contribution in [0.25, 0.3) is 0 Å². The van der Waals surface area contributed by atoms with Crippen LogP contribution in [-0.4, -0.2) is 0 Å². The van der Waals surface area contributed by atoms with E-state index in [0.717, 1.165) is 18.4 Å². The SMILES string of the molecule is CC.CC.[CH2-]OC(C1=CCCCC=C1)c1ccc(P)cc1.[CH3-].[U].[Y]. The van der Waals surface area contributed by atoms with Gasteiger partial charge < -0.3 is 12.2 Å². The van der Waals surface area contributed by atoms with E-state index in [2.05, 4.69) is 58.8 Å². The molecule has 24 heavy (non-hydrogen) atoms. The molecule has 1 aromatic rings. The first-order chi connectivity index (χ1) is 10.3. The number of hydrogen-bond donors (Lipinski definition) is 0. The predicted molar refractivity (Wildman–Crippen MR) is 105 cm³/mol. The van der Waals surface area contributed by atoms with Crippen LogP contribution in [0.4, 0.5) is 0 Å². The molecule has 1 aliphatic rings. The Morgan fingerprint density at radius 1 is 1.04 bits per heavy atom. The minimum absolute atomic E-state index is 0. The van der Waals surface area contributed by atoms with E-state index in [1.807, 2.05) is 27.7 Å². The van der Waals surface area contributed by atoms with Gasteiger partial charge in [-0.3, -0.25) is 0 Å². The van der Waals surface area contributed by atoms with Crippen LogP contribution < -0.4 is 5.30 Å². The van der Waals surface area contributed by atoms with Gasteiger partial charge >= 0.3 is 0 Å². The molecule has 0 N–H and O–H groups in total. The van der Waals surface area contributed by atoms with E-state index in [1.165, 1.54) is 17.3 Å². The summed E-state index contributed by atoms with van der Waals surface area (Å²) in [5.74, 6) is 0. The standard InChI is InChI=1S/C15H18OP.2C2H6.CH3.U.Y/c1-16-15(12-6-4-2-3-5-7-12)13-8-10-14(17)11-9-13;2*1-2;;;/h4,6-11,15H,1-3,5,17H2;2*1-2H3;1H3;;/q-1;;;-1;;. The molecule has 0 saturated heterocycles. The second-order valence-corrected chi connectivity index (χ2v) is 4.92. The van der Waals surface area contributed by atoms with E-state index in [0.29, 0.717) is 0 Å². The summed E-state index contributed by atoms with van der Waals surface area (Å²) in [7, 11) is 6.30. The maximum absolute atomic E-state index is 5.39. The largest absolute Gasteiger partial charge is 0.546 e. The quantitative estimate of drug-likeness (QED) is 0.281. The van der Waals surface area contributed by atoms with Crippen molar-refractivity contribution in [3.63, 3.8) is 0 Å². The second-order valence-electron chi connectivity index (χ2n) is 4.25. The van der Waals surface area contributed by atoms with Crippen LogP contribution >= 0.6 is 9.24 Å². The van der Waals surface area contributed by atoms with E-state index < -0.39 is 0 Å². The zero-order valence-electron chi connectivity index (χ0n) is 16.0. The van der Waals surface area contributed by atoms with Crippen molar-refractivity contribution in [2.45, 2.75) is 53.1 Å². The molecule has 0 spiro atoms. The average Bonchev–Trinajstić information content (AvgIpc) is 2.83. The van der Waals surface area contributed by atoms with Crippen molar-refractivity contribution in [2.24, 2.45) is 0 Å². The van der Waals surface area contributed by atoms with Gasteiger partial charge in [-0.1, -0.05) is 70.2 Å². The van der Waals surface area contributed by atoms with Gasteiger partial charge in [-0.25, -0.2) is 7.11 Å². The monoisotopic (exact) mass is 647 g/mol. The van der Waals surface area contributed by atoms with Gasteiger partial charge in [-0.15, -0.1) is 9.24 Å². The molecule has 2 unspecified atom stereocenters. The Kier molecular flexibility index (Phi) is 30.5. The Morgan fingerprint density at radius 2 is 1.58 bits per heavy atom. The van der Waals surface area contributed by atoms with E-state index in [9.17, 15) is 0 Å². The summed E-state index contributed by atoms with van der Waals surface area (Å²) in [5, 5.41) is 1.18.